The molecule has 1 aromatic carbocycles. The number of aryl methyl sites for hydroxylation is 1. The minimum Gasteiger partial charge on any atom is -0.444 e. The zero-order valence-electron chi connectivity index (χ0n) is 26.0. The Morgan fingerprint density at radius 1 is 1.11 bits per heavy atom. The second-order valence-corrected chi connectivity index (χ2v) is 13.9. The van der Waals surface area contributed by atoms with E-state index in [2.05, 4.69) is 17.6 Å². The molecule has 0 spiro atoms. The van der Waals surface area contributed by atoms with Gasteiger partial charge in [-0.2, -0.15) is 0 Å². The summed E-state index contributed by atoms with van der Waals surface area (Å²) in [5, 5.41) is 6.82. The molecule has 2 fully saturated rings. The molecule has 0 bridgehead atoms. The number of alkyl carbamates (subject to hydrolysis) is 1. The minimum atomic E-state index is -0.966. The summed E-state index contributed by atoms with van der Waals surface area (Å²) in [6, 6.07) is 5.37. The Balaban J connectivity index is 1.43. The lowest BCUT2D eigenvalue weighted by Gasteiger charge is -2.27. The van der Waals surface area contributed by atoms with Gasteiger partial charge in [0, 0.05) is 37.6 Å². The van der Waals surface area contributed by atoms with E-state index in [0.717, 1.165) is 25.7 Å². The number of nitrogens with one attached hydrogen (secondary N) is 2. The van der Waals surface area contributed by atoms with Crippen molar-refractivity contribution in [2.45, 2.75) is 90.6 Å². The zero-order chi connectivity index (χ0) is 31.8. The molecule has 2 amide bonds. The fraction of sp³-hybridized carbons (Fsp3) is 0.562. The molecule has 0 unspecified atom stereocenters. The third-order valence-electron chi connectivity index (χ3n) is 8.37. The van der Waals surface area contributed by atoms with Crippen molar-refractivity contribution >= 4 is 52.2 Å². The Bertz CT molecular complexity index is 1550. The SMILES string of the molecule is CC1CCC(NC(=O)c2cc3nc(Cc4c(Cl)ccc(CNC(=O)OC(C)(C)C)c4Cl)n(C)c3nc2N2CC[C@@H](F)C2)CC1. The highest BCUT2D eigenvalue weighted by molar-refractivity contribution is 6.36. The van der Waals surface area contributed by atoms with E-state index >= 15 is 0 Å². The molecule has 1 saturated heterocycles. The lowest BCUT2D eigenvalue weighted by atomic mass is 9.87. The monoisotopic (exact) mass is 646 g/mol. The van der Waals surface area contributed by atoms with Crippen molar-refractivity contribution in [3.8, 4) is 0 Å². The van der Waals surface area contributed by atoms with Crippen LogP contribution in [-0.4, -0.2) is 57.4 Å². The first kappa shape index (κ1) is 32.3. The number of imidazole rings is 1. The van der Waals surface area contributed by atoms with Crippen molar-refractivity contribution in [1.29, 1.82) is 0 Å². The summed E-state index contributed by atoms with van der Waals surface area (Å²) in [5.74, 6) is 1.57. The Hall–Kier alpha value is -3.11. The molecule has 5 rings (SSSR count). The van der Waals surface area contributed by atoms with Crippen molar-refractivity contribution in [2.24, 2.45) is 13.0 Å². The summed E-state index contributed by atoms with van der Waals surface area (Å²) in [7, 11) is 1.85. The predicted octanol–water partition coefficient (Wildman–Crippen LogP) is 6.75. The molecule has 1 aliphatic carbocycles. The van der Waals surface area contributed by atoms with Gasteiger partial charge < -0.3 is 24.8 Å². The smallest absolute Gasteiger partial charge is 0.407 e. The van der Waals surface area contributed by atoms with Crippen LogP contribution in [0.2, 0.25) is 10.0 Å². The number of nitrogens with zero attached hydrogens (tertiary/aromatic N) is 4. The maximum atomic E-state index is 14.3. The minimum absolute atomic E-state index is 0.107. The van der Waals surface area contributed by atoms with Gasteiger partial charge in [-0.25, -0.2) is 19.2 Å². The largest absolute Gasteiger partial charge is 0.444 e. The van der Waals surface area contributed by atoms with E-state index in [4.69, 9.17) is 37.9 Å². The zero-order valence-corrected chi connectivity index (χ0v) is 27.5. The van der Waals surface area contributed by atoms with Crippen LogP contribution in [0, 0.1) is 5.92 Å². The Labute approximate surface area is 267 Å². The van der Waals surface area contributed by atoms with Gasteiger partial charge in [0.15, 0.2) is 5.65 Å². The summed E-state index contributed by atoms with van der Waals surface area (Å²) in [5.41, 5.74) is 2.25. The van der Waals surface area contributed by atoms with E-state index in [9.17, 15) is 14.0 Å². The number of anilines is 1. The highest BCUT2D eigenvalue weighted by Gasteiger charge is 2.30. The quantitative estimate of drug-likeness (QED) is 0.295. The summed E-state index contributed by atoms with van der Waals surface area (Å²) in [6.07, 6.45) is 3.22. The van der Waals surface area contributed by atoms with Gasteiger partial charge in [-0.15, -0.1) is 0 Å². The molecule has 2 aromatic heterocycles. The molecule has 1 atom stereocenters. The Kier molecular flexibility index (Phi) is 9.61. The molecular formula is C32H41Cl2FN6O3. The molecule has 1 aliphatic heterocycles. The van der Waals surface area contributed by atoms with E-state index in [0.29, 0.717) is 68.4 Å². The van der Waals surface area contributed by atoms with Crippen LogP contribution in [0.15, 0.2) is 18.2 Å². The number of fused-ring (bicyclic) bond motifs is 1. The van der Waals surface area contributed by atoms with Gasteiger partial charge in [0.25, 0.3) is 5.91 Å². The van der Waals surface area contributed by atoms with Crippen molar-refractivity contribution in [2.75, 3.05) is 18.0 Å². The van der Waals surface area contributed by atoms with Crippen molar-refractivity contribution in [1.82, 2.24) is 25.2 Å². The van der Waals surface area contributed by atoms with E-state index in [-0.39, 0.29) is 31.5 Å². The van der Waals surface area contributed by atoms with Crippen LogP contribution in [0.5, 0.6) is 0 Å². The van der Waals surface area contributed by atoms with Crippen molar-refractivity contribution in [3.05, 3.63) is 50.8 Å². The number of pyridine rings is 1. The third kappa shape index (κ3) is 7.40. The van der Waals surface area contributed by atoms with E-state index in [1.165, 1.54) is 0 Å². The van der Waals surface area contributed by atoms with Gasteiger partial charge in [0.1, 0.15) is 28.9 Å². The molecule has 238 valence electrons. The van der Waals surface area contributed by atoms with Gasteiger partial charge >= 0.3 is 6.09 Å². The summed E-state index contributed by atoms with van der Waals surface area (Å²) in [6.45, 7) is 8.47. The maximum absolute atomic E-state index is 14.3. The summed E-state index contributed by atoms with van der Waals surface area (Å²) >= 11 is 13.4. The average molecular weight is 648 g/mol. The average Bonchev–Trinajstić information content (AvgIpc) is 3.52. The molecule has 12 heteroatoms. The molecule has 3 heterocycles. The van der Waals surface area contributed by atoms with Crippen LogP contribution in [0.25, 0.3) is 11.2 Å². The van der Waals surface area contributed by atoms with E-state index < -0.39 is 17.9 Å². The number of amides is 2. The van der Waals surface area contributed by atoms with Gasteiger partial charge in [-0.1, -0.05) is 36.2 Å². The lowest BCUT2D eigenvalue weighted by Crippen LogP contribution is -2.38. The topological polar surface area (TPSA) is 101 Å². The molecule has 1 saturated carbocycles. The fourth-order valence-corrected chi connectivity index (χ4v) is 6.45. The van der Waals surface area contributed by atoms with E-state index in [1.807, 2.05) is 16.5 Å². The number of hydrogen-bond acceptors (Lipinski definition) is 6. The second-order valence-electron chi connectivity index (χ2n) is 13.1. The molecule has 3 aromatic rings. The van der Waals surface area contributed by atoms with Crippen LogP contribution in [-0.2, 0) is 24.8 Å². The predicted molar refractivity (Wildman–Crippen MR) is 171 cm³/mol. The number of hydrogen-bond donors (Lipinski definition) is 2. The van der Waals surface area contributed by atoms with Crippen LogP contribution in [0.3, 0.4) is 0 Å². The lowest BCUT2D eigenvalue weighted by molar-refractivity contribution is 0.0523. The number of benzene rings is 1. The first-order chi connectivity index (χ1) is 20.8. The number of aromatic nitrogens is 3. The van der Waals surface area contributed by atoms with Crippen LogP contribution >= 0.6 is 23.2 Å². The molecular weight excluding hydrogens is 606 g/mol. The fourth-order valence-electron chi connectivity index (χ4n) is 5.88. The first-order valence-electron chi connectivity index (χ1n) is 15.3. The maximum Gasteiger partial charge on any atom is 0.407 e. The number of carbonyl (C=O) groups excluding carboxylic acids is 2. The highest BCUT2D eigenvalue weighted by atomic mass is 35.5. The number of alkyl halides is 1. The number of carbonyl (C=O) groups is 2. The van der Waals surface area contributed by atoms with Gasteiger partial charge in [0.05, 0.1) is 17.1 Å². The number of halogens is 3. The Morgan fingerprint density at radius 3 is 2.50 bits per heavy atom. The third-order valence-corrected chi connectivity index (χ3v) is 9.19. The van der Waals surface area contributed by atoms with Gasteiger partial charge in [-0.3, -0.25) is 4.79 Å². The molecule has 9 nitrogen and oxygen atoms in total. The van der Waals surface area contributed by atoms with Crippen LogP contribution in [0.4, 0.5) is 15.0 Å². The number of rotatable bonds is 7. The van der Waals surface area contributed by atoms with E-state index in [1.54, 1.807) is 39.0 Å². The normalized spacial score (nSPS) is 20.6. The van der Waals surface area contributed by atoms with Crippen molar-refractivity contribution < 1.29 is 18.7 Å². The summed E-state index contributed by atoms with van der Waals surface area (Å²) < 4.78 is 21.5. The molecule has 44 heavy (non-hydrogen) atoms. The van der Waals surface area contributed by atoms with Crippen LogP contribution < -0.4 is 15.5 Å². The Morgan fingerprint density at radius 2 is 1.84 bits per heavy atom. The standard InChI is InChI=1S/C32H41Cl2FN6O3/c1-18-6-9-21(10-7-18)37-30(42)23-14-25-29(39-28(23)41-13-12-20(35)17-41)40(5)26(38-25)15-22-24(33)11-8-19(27(22)34)16-36-31(43)44-32(2,3)4/h8,11,14,18,20-21H,6-7,9-10,12-13,15-17H2,1-5H3,(H,36,43)(H,37,42)/t18?,20-,21?/m1/s1. The molecule has 0 radical (unpaired) electrons. The van der Waals surface area contributed by atoms with Crippen molar-refractivity contribution in [3.63, 3.8) is 0 Å². The molecule has 2 aliphatic rings. The number of ether oxygens (including phenoxy) is 1. The van der Waals surface area contributed by atoms with Crippen LogP contribution in [0.1, 0.15) is 87.1 Å². The van der Waals surface area contributed by atoms with Gasteiger partial charge in [0.2, 0.25) is 0 Å². The second kappa shape index (κ2) is 13.1. The van der Waals surface area contributed by atoms with Gasteiger partial charge in [-0.05, 0) is 82.1 Å². The highest BCUT2D eigenvalue weighted by Crippen LogP contribution is 2.33. The summed E-state index contributed by atoms with van der Waals surface area (Å²) in [4.78, 5) is 37.4. The molecule has 2 N–H and O–H groups in total. The first-order valence-corrected chi connectivity index (χ1v) is 16.0.